The van der Waals surface area contributed by atoms with Gasteiger partial charge in [-0.05, 0) is 43.3 Å². The van der Waals surface area contributed by atoms with Gasteiger partial charge in [-0.1, -0.05) is 29.8 Å². The van der Waals surface area contributed by atoms with Crippen LogP contribution in [0.5, 0.6) is 0 Å². The molecule has 136 valence electrons. The van der Waals surface area contributed by atoms with Crippen LogP contribution < -0.4 is 4.72 Å². The van der Waals surface area contributed by atoms with Crippen molar-refractivity contribution in [3.05, 3.63) is 77.7 Å². The molecule has 0 aliphatic rings. The van der Waals surface area contributed by atoms with E-state index in [-0.39, 0.29) is 4.90 Å². The number of rotatable bonds is 4. The average Bonchev–Trinajstić information content (AvgIpc) is 3.05. The maximum Gasteiger partial charge on any atom is 0.261 e. The molecule has 8 heteroatoms. The van der Waals surface area contributed by atoms with Gasteiger partial charge in [-0.25, -0.2) is 18.4 Å². The molecule has 0 unspecified atom stereocenters. The summed E-state index contributed by atoms with van der Waals surface area (Å²) in [6.45, 7) is 1.91. The number of imidazole rings is 1. The summed E-state index contributed by atoms with van der Waals surface area (Å²) in [6, 6.07) is 15.0. The van der Waals surface area contributed by atoms with E-state index in [1.54, 1.807) is 24.3 Å². The molecule has 2 aromatic carbocycles. The summed E-state index contributed by atoms with van der Waals surface area (Å²) in [6.07, 6.45) is 3.79. The maximum absolute atomic E-state index is 12.5. The van der Waals surface area contributed by atoms with Crippen molar-refractivity contribution in [3.63, 3.8) is 0 Å². The van der Waals surface area contributed by atoms with Gasteiger partial charge in [0.15, 0.2) is 0 Å². The molecule has 1 N–H and O–H groups in total. The van der Waals surface area contributed by atoms with E-state index in [4.69, 9.17) is 11.6 Å². The number of hydrogen-bond donors (Lipinski definition) is 1. The Morgan fingerprint density at radius 1 is 1.04 bits per heavy atom. The van der Waals surface area contributed by atoms with Gasteiger partial charge in [-0.2, -0.15) is 0 Å². The number of halogens is 1. The number of benzene rings is 2. The second-order valence-electron chi connectivity index (χ2n) is 6.04. The van der Waals surface area contributed by atoms with Gasteiger partial charge in [0, 0.05) is 34.4 Å². The van der Waals surface area contributed by atoms with E-state index in [2.05, 4.69) is 14.7 Å². The van der Waals surface area contributed by atoms with Gasteiger partial charge >= 0.3 is 0 Å². The lowest BCUT2D eigenvalue weighted by Crippen LogP contribution is -2.12. The molecule has 0 aliphatic carbocycles. The van der Waals surface area contributed by atoms with E-state index in [0.29, 0.717) is 16.5 Å². The van der Waals surface area contributed by atoms with Crippen molar-refractivity contribution >= 4 is 33.1 Å². The summed E-state index contributed by atoms with van der Waals surface area (Å²) < 4.78 is 29.3. The van der Waals surface area contributed by atoms with Crippen molar-refractivity contribution in [2.45, 2.75) is 11.8 Å². The van der Waals surface area contributed by atoms with Crippen molar-refractivity contribution < 1.29 is 8.42 Å². The Balaban J connectivity index is 1.60. The zero-order valence-corrected chi connectivity index (χ0v) is 15.9. The van der Waals surface area contributed by atoms with Gasteiger partial charge in [0.2, 0.25) is 5.78 Å². The number of nitrogens with zero attached hydrogens (tertiary/aromatic N) is 3. The number of aryl methyl sites for hydroxylation is 1. The molecule has 2 aromatic heterocycles. The summed E-state index contributed by atoms with van der Waals surface area (Å²) in [7, 11) is -3.70. The SMILES string of the molecule is Cc1ccn2cc(-c3ccc(NS(=O)(=O)c4cccc(Cl)c4)cc3)nc2n1. The van der Waals surface area contributed by atoms with Crippen molar-refractivity contribution in [2.75, 3.05) is 4.72 Å². The Labute approximate surface area is 161 Å². The summed E-state index contributed by atoms with van der Waals surface area (Å²) in [5.74, 6) is 0.621. The van der Waals surface area contributed by atoms with Crippen molar-refractivity contribution in [3.8, 4) is 11.3 Å². The number of fused-ring (bicyclic) bond motifs is 1. The van der Waals surface area contributed by atoms with Crippen molar-refractivity contribution in [1.29, 1.82) is 0 Å². The molecule has 0 saturated heterocycles. The highest BCUT2D eigenvalue weighted by molar-refractivity contribution is 7.92. The highest BCUT2D eigenvalue weighted by Crippen LogP contribution is 2.23. The van der Waals surface area contributed by atoms with Crippen LogP contribution >= 0.6 is 11.6 Å². The van der Waals surface area contributed by atoms with Crippen LogP contribution in [0.4, 0.5) is 5.69 Å². The molecule has 0 aliphatic heterocycles. The predicted molar refractivity (Wildman–Crippen MR) is 105 cm³/mol. The minimum Gasteiger partial charge on any atom is -0.291 e. The highest BCUT2D eigenvalue weighted by atomic mass is 35.5. The Bertz CT molecular complexity index is 1230. The Morgan fingerprint density at radius 3 is 2.56 bits per heavy atom. The van der Waals surface area contributed by atoms with Crippen LogP contribution in [0.2, 0.25) is 5.02 Å². The highest BCUT2D eigenvalue weighted by Gasteiger charge is 2.14. The molecule has 0 saturated carbocycles. The number of nitrogens with one attached hydrogen (secondary N) is 1. The predicted octanol–water partition coefficient (Wildman–Crippen LogP) is 4.16. The molecular formula is C19H15ClN4O2S. The molecular weight excluding hydrogens is 384 g/mol. The molecule has 0 radical (unpaired) electrons. The van der Waals surface area contributed by atoms with E-state index in [1.807, 2.05) is 41.9 Å². The summed E-state index contributed by atoms with van der Waals surface area (Å²) in [4.78, 5) is 8.99. The molecule has 2 heterocycles. The fraction of sp³-hybridized carbons (Fsp3) is 0.0526. The molecule has 6 nitrogen and oxygen atoms in total. The average molecular weight is 399 g/mol. The number of sulfonamides is 1. The van der Waals surface area contributed by atoms with E-state index >= 15 is 0 Å². The van der Waals surface area contributed by atoms with E-state index in [1.165, 1.54) is 12.1 Å². The van der Waals surface area contributed by atoms with E-state index in [9.17, 15) is 8.42 Å². The quantitative estimate of drug-likeness (QED) is 0.560. The zero-order chi connectivity index (χ0) is 19.0. The van der Waals surface area contributed by atoms with Crippen molar-refractivity contribution in [2.24, 2.45) is 0 Å². The molecule has 0 amide bonds. The molecule has 4 aromatic rings. The first-order valence-corrected chi connectivity index (χ1v) is 9.98. The molecule has 0 spiro atoms. The van der Waals surface area contributed by atoms with Crippen LogP contribution in [0.25, 0.3) is 17.0 Å². The van der Waals surface area contributed by atoms with Crippen LogP contribution in [-0.2, 0) is 10.0 Å². The second-order valence-corrected chi connectivity index (χ2v) is 8.16. The Hall–Kier alpha value is -2.90. The van der Waals surface area contributed by atoms with Crippen LogP contribution in [0.3, 0.4) is 0 Å². The van der Waals surface area contributed by atoms with Crippen LogP contribution in [-0.4, -0.2) is 22.8 Å². The van der Waals surface area contributed by atoms with Crippen LogP contribution in [0.1, 0.15) is 5.69 Å². The summed E-state index contributed by atoms with van der Waals surface area (Å²) in [5, 5.41) is 0.365. The molecule has 0 atom stereocenters. The molecule has 27 heavy (non-hydrogen) atoms. The van der Waals surface area contributed by atoms with Gasteiger partial charge in [0.1, 0.15) is 0 Å². The smallest absolute Gasteiger partial charge is 0.261 e. The molecule has 0 fully saturated rings. The first-order chi connectivity index (χ1) is 12.9. The summed E-state index contributed by atoms with van der Waals surface area (Å²) in [5.41, 5.74) is 2.98. The first kappa shape index (κ1) is 17.5. The lowest BCUT2D eigenvalue weighted by molar-refractivity contribution is 0.601. The topological polar surface area (TPSA) is 76.4 Å². The fourth-order valence-electron chi connectivity index (χ4n) is 2.66. The third-order valence-corrected chi connectivity index (χ3v) is 5.62. The van der Waals surface area contributed by atoms with Gasteiger partial charge in [0.25, 0.3) is 10.0 Å². The number of anilines is 1. The van der Waals surface area contributed by atoms with E-state index in [0.717, 1.165) is 17.0 Å². The van der Waals surface area contributed by atoms with E-state index < -0.39 is 10.0 Å². The van der Waals surface area contributed by atoms with Crippen molar-refractivity contribution in [1.82, 2.24) is 14.4 Å². The second kappa shape index (κ2) is 6.68. The lowest BCUT2D eigenvalue weighted by atomic mass is 10.1. The van der Waals surface area contributed by atoms with Gasteiger partial charge in [-0.15, -0.1) is 0 Å². The van der Waals surface area contributed by atoms with Crippen LogP contribution in [0, 0.1) is 6.92 Å². The minimum absolute atomic E-state index is 0.112. The third-order valence-electron chi connectivity index (χ3n) is 4.00. The summed E-state index contributed by atoms with van der Waals surface area (Å²) >= 11 is 5.88. The normalized spacial score (nSPS) is 11.6. The Kier molecular flexibility index (Phi) is 4.33. The number of aromatic nitrogens is 3. The van der Waals surface area contributed by atoms with Gasteiger partial charge < -0.3 is 0 Å². The monoisotopic (exact) mass is 398 g/mol. The Morgan fingerprint density at radius 2 is 1.81 bits per heavy atom. The lowest BCUT2D eigenvalue weighted by Gasteiger charge is -2.08. The minimum atomic E-state index is -3.70. The molecule has 4 rings (SSSR count). The fourth-order valence-corrected chi connectivity index (χ4v) is 4.01. The maximum atomic E-state index is 12.5. The largest absolute Gasteiger partial charge is 0.291 e. The first-order valence-electron chi connectivity index (χ1n) is 8.12. The molecule has 0 bridgehead atoms. The van der Waals surface area contributed by atoms with Gasteiger partial charge in [0.05, 0.1) is 10.6 Å². The zero-order valence-electron chi connectivity index (χ0n) is 14.3. The van der Waals surface area contributed by atoms with Gasteiger partial charge in [-0.3, -0.25) is 9.12 Å². The number of hydrogen-bond acceptors (Lipinski definition) is 4. The standard InChI is InChI=1S/C19H15ClN4O2S/c1-13-9-10-24-12-18(22-19(24)21-13)14-5-7-16(8-6-14)23-27(25,26)17-4-2-3-15(20)11-17/h2-12,23H,1H3. The van der Waals surface area contributed by atoms with Crippen LogP contribution in [0.15, 0.2) is 71.9 Å². The third kappa shape index (κ3) is 3.65.